The smallest absolute Gasteiger partial charge is 0.328 e. The average Bonchev–Trinajstić information content (AvgIpc) is 2.73. The Morgan fingerprint density at radius 2 is 2.14 bits per heavy atom. The predicted molar refractivity (Wildman–Crippen MR) is 103 cm³/mol. The fraction of sp³-hybridized carbons (Fsp3) is 0.579. The first-order valence-corrected chi connectivity index (χ1v) is 9.41. The van der Waals surface area contributed by atoms with Crippen molar-refractivity contribution in [2.45, 2.75) is 38.0 Å². The first-order chi connectivity index (χ1) is 13.9. The molecule has 1 unspecified atom stereocenters. The van der Waals surface area contributed by atoms with Crippen molar-refractivity contribution in [1.82, 2.24) is 20.9 Å². The van der Waals surface area contributed by atoms with Crippen LogP contribution in [0.15, 0.2) is 18.3 Å². The number of nitrogens with one attached hydrogen (secondary N) is 3. The summed E-state index contributed by atoms with van der Waals surface area (Å²) in [6.45, 7) is 3.45. The molecule has 0 saturated carbocycles. The SMILES string of the molecule is COC(=O)[C@H](Cc1ccnc(OC)c1)NC(=O)[C@H](C)NC(=O)CC1CNCCO1. The summed E-state index contributed by atoms with van der Waals surface area (Å²) in [5.74, 6) is -0.973. The quantitative estimate of drug-likeness (QED) is 0.452. The van der Waals surface area contributed by atoms with Crippen molar-refractivity contribution in [3.63, 3.8) is 0 Å². The van der Waals surface area contributed by atoms with Crippen LogP contribution in [0.2, 0.25) is 0 Å². The second kappa shape index (κ2) is 11.3. The normalized spacial score (nSPS) is 18.2. The number of ether oxygens (including phenoxy) is 3. The Morgan fingerprint density at radius 1 is 1.34 bits per heavy atom. The Bertz CT molecular complexity index is 708. The number of methoxy groups -OCH3 is 2. The lowest BCUT2D eigenvalue weighted by Gasteiger charge is -2.24. The highest BCUT2D eigenvalue weighted by atomic mass is 16.5. The number of morpholine rings is 1. The van der Waals surface area contributed by atoms with E-state index in [2.05, 4.69) is 20.9 Å². The molecule has 2 heterocycles. The average molecular weight is 408 g/mol. The molecule has 160 valence electrons. The standard InChI is InChI=1S/C19H28N4O6/c1-12(22-16(24)10-14-11-20-6-7-29-14)18(25)23-15(19(26)28-3)8-13-4-5-21-17(9-13)27-2/h4-5,9,12,14-15,20H,6-8,10-11H2,1-3H3,(H,22,24)(H,23,25)/t12-,14?,15-/m0/s1. The predicted octanol–water partition coefficient (Wildman–Crippen LogP) is -0.826. The van der Waals surface area contributed by atoms with Gasteiger partial charge in [-0.25, -0.2) is 9.78 Å². The number of carbonyl (C=O) groups is 3. The van der Waals surface area contributed by atoms with Gasteiger partial charge in [0.05, 0.1) is 33.4 Å². The molecular weight excluding hydrogens is 380 g/mol. The van der Waals surface area contributed by atoms with E-state index in [9.17, 15) is 14.4 Å². The van der Waals surface area contributed by atoms with Crippen LogP contribution in [0.25, 0.3) is 0 Å². The molecule has 1 aromatic rings. The summed E-state index contributed by atoms with van der Waals surface area (Å²) in [7, 11) is 2.74. The van der Waals surface area contributed by atoms with Crippen molar-refractivity contribution in [2.24, 2.45) is 0 Å². The molecule has 2 amide bonds. The molecule has 10 nitrogen and oxygen atoms in total. The van der Waals surface area contributed by atoms with Gasteiger partial charge in [-0.1, -0.05) is 0 Å². The number of amides is 2. The minimum Gasteiger partial charge on any atom is -0.481 e. The van der Waals surface area contributed by atoms with E-state index in [4.69, 9.17) is 14.2 Å². The highest BCUT2D eigenvalue weighted by Crippen LogP contribution is 2.11. The highest BCUT2D eigenvalue weighted by molar-refractivity contribution is 5.90. The van der Waals surface area contributed by atoms with E-state index in [0.717, 1.165) is 12.1 Å². The van der Waals surface area contributed by atoms with Crippen molar-refractivity contribution in [3.05, 3.63) is 23.9 Å². The number of pyridine rings is 1. The van der Waals surface area contributed by atoms with Crippen LogP contribution in [0.1, 0.15) is 18.9 Å². The van der Waals surface area contributed by atoms with E-state index in [1.165, 1.54) is 14.2 Å². The first-order valence-electron chi connectivity index (χ1n) is 9.41. The molecule has 1 aromatic heterocycles. The summed E-state index contributed by atoms with van der Waals surface area (Å²) in [5.41, 5.74) is 0.742. The van der Waals surface area contributed by atoms with E-state index in [1.807, 2.05) is 0 Å². The summed E-state index contributed by atoms with van der Waals surface area (Å²) >= 11 is 0. The van der Waals surface area contributed by atoms with Crippen molar-refractivity contribution < 1.29 is 28.6 Å². The molecule has 2 rings (SSSR count). The third-order valence-corrected chi connectivity index (χ3v) is 4.44. The number of nitrogens with zero attached hydrogens (tertiary/aromatic N) is 1. The Labute approximate surface area is 169 Å². The lowest BCUT2D eigenvalue weighted by atomic mass is 10.1. The Kier molecular flexibility index (Phi) is 8.81. The van der Waals surface area contributed by atoms with Crippen LogP contribution in [-0.2, 0) is 30.3 Å². The van der Waals surface area contributed by atoms with Crippen LogP contribution in [0.5, 0.6) is 5.88 Å². The van der Waals surface area contributed by atoms with Gasteiger partial charge in [0.15, 0.2) is 0 Å². The van der Waals surface area contributed by atoms with Crippen LogP contribution < -0.4 is 20.7 Å². The molecule has 3 N–H and O–H groups in total. The van der Waals surface area contributed by atoms with Gasteiger partial charge < -0.3 is 30.2 Å². The molecule has 3 atom stereocenters. The van der Waals surface area contributed by atoms with Crippen LogP contribution in [0, 0.1) is 0 Å². The second-order valence-corrected chi connectivity index (χ2v) is 6.69. The molecule has 0 aliphatic carbocycles. The van der Waals surface area contributed by atoms with Crippen molar-refractivity contribution >= 4 is 17.8 Å². The van der Waals surface area contributed by atoms with Gasteiger partial charge in [0.2, 0.25) is 17.7 Å². The Morgan fingerprint density at radius 3 is 2.79 bits per heavy atom. The molecule has 1 aliphatic heterocycles. The fourth-order valence-corrected chi connectivity index (χ4v) is 2.88. The van der Waals surface area contributed by atoms with Crippen LogP contribution in [0.3, 0.4) is 0 Å². The Hall–Kier alpha value is -2.72. The van der Waals surface area contributed by atoms with E-state index >= 15 is 0 Å². The molecule has 1 saturated heterocycles. The number of hydrogen-bond donors (Lipinski definition) is 3. The molecule has 0 spiro atoms. The molecule has 10 heteroatoms. The lowest BCUT2D eigenvalue weighted by molar-refractivity contribution is -0.145. The van der Waals surface area contributed by atoms with E-state index in [-0.39, 0.29) is 24.9 Å². The largest absolute Gasteiger partial charge is 0.481 e. The Balaban J connectivity index is 1.91. The first kappa shape index (κ1) is 22.6. The summed E-state index contributed by atoms with van der Waals surface area (Å²) in [5, 5.41) is 8.40. The van der Waals surface area contributed by atoms with Gasteiger partial charge in [-0.3, -0.25) is 9.59 Å². The monoisotopic (exact) mass is 408 g/mol. The van der Waals surface area contributed by atoms with Crippen LogP contribution >= 0.6 is 0 Å². The molecule has 0 radical (unpaired) electrons. The van der Waals surface area contributed by atoms with E-state index < -0.39 is 24.0 Å². The minimum absolute atomic E-state index is 0.155. The molecule has 1 fully saturated rings. The van der Waals surface area contributed by atoms with Crippen LogP contribution in [0.4, 0.5) is 0 Å². The molecule has 0 bridgehead atoms. The maximum Gasteiger partial charge on any atom is 0.328 e. The third-order valence-electron chi connectivity index (χ3n) is 4.44. The van der Waals surface area contributed by atoms with Crippen molar-refractivity contribution in [1.29, 1.82) is 0 Å². The number of hydrogen-bond acceptors (Lipinski definition) is 8. The summed E-state index contributed by atoms with van der Waals surface area (Å²) in [6, 6.07) is 1.66. The summed E-state index contributed by atoms with van der Waals surface area (Å²) in [4.78, 5) is 40.8. The van der Waals surface area contributed by atoms with Crippen molar-refractivity contribution in [3.8, 4) is 5.88 Å². The molecule has 0 aromatic carbocycles. The third kappa shape index (κ3) is 7.31. The molecule has 1 aliphatic rings. The topological polar surface area (TPSA) is 128 Å². The lowest BCUT2D eigenvalue weighted by Crippen LogP contribution is -2.52. The fourth-order valence-electron chi connectivity index (χ4n) is 2.88. The number of aromatic nitrogens is 1. The zero-order valence-electron chi connectivity index (χ0n) is 16.9. The van der Waals surface area contributed by atoms with Gasteiger partial charge in [-0.2, -0.15) is 0 Å². The molecular formula is C19H28N4O6. The maximum absolute atomic E-state index is 12.5. The van der Waals surface area contributed by atoms with Gasteiger partial charge >= 0.3 is 5.97 Å². The van der Waals surface area contributed by atoms with Crippen molar-refractivity contribution in [2.75, 3.05) is 33.9 Å². The zero-order valence-corrected chi connectivity index (χ0v) is 16.9. The van der Waals surface area contributed by atoms with Gasteiger partial charge in [-0.05, 0) is 18.6 Å². The number of carbonyl (C=O) groups excluding carboxylic acids is 3. The summed E-state index contributed by atoms with van der Waals surface area (Å²) in [6.07, 6.45) is 1.68. The number of rotatable bonds is 9. The minimum atomic E-state index is -0.912. The van der Waals surface area contributed by atoms with E-state index in [1.54, 1.807) is 25.3 Å². The zero-order chi connectivity index (χ0) is 21.2. The van der Waals surface area contributed by atoms with Gasteiger partial charge in [0.1, 0.15) is 12.1 Å². The second-order valence-electron chi connectivity index (χ2n) is 6.69. The summed E-state index contributed by atoms with van der Waals surface area (Å²) < 4.78 is 15.3. The maximum atomic E-state index is 12.5. The van der Waals surface area contributed by atoms with Gasteiger partial charge in [0.25, 0.3) is 0 Å². The van der Waals surface area contributed by atoms with E-state index in [0.29, 0.717) is 19.0 Å². The van der Waals surface area contributed by atoms with Gasteiger partial charge in [0, 0.05) is 31.8 Å². The van der Waals surface area contributed by atoms with Crippen LogP contribution in [-0.4, -0.2) is 74.9 Å². The highest BCUT2D eigenvalue weighted by Gasteiger charge is 2.26. The number of esters is 1. The molecule has 29 heavy (non-hydrogen) atoms. The van der Waals surface area contributed by atoms with Gasteiger partial charge in [-0.15, -0.1) is 0 Å².